The van der Waals surface area contributed by atoms with Gasteiger partial charge in [0.1, 0.15) is 0 Å². The molecule has 4 rings (SSSR count). The lowest BCUT2D eigenvalue weighted by Crippen LogP contribution is -2.42. The highest BCUT2D eigenvalue weighted by atomic mass is 16.4. The third-order valence-corrected chi connectivity index (χ3v) is 5.10. The van der Waals surface area contributed by atoms with E-state index in [0.717, 1.165) is 22.6 Å². The summed E-state index contributed by atoms with van der Waals surface area (Å²) in [5, 5.41) is 13.7. The van der Waals surface area contributed by atoms with Crippen molar-refractivity contribution >= 4 is 17.6 Å². The Morgan fingerprint density at radius 1 is 1.26 bits per heavy atom. The molecule has 0 spiro atoms. The zero-order valence-corrected chi connectivity index (χ0v) is 15.1. The number of aromatic amines is 1. The molecule has 1 aromatic carbocycles. The summed E-state index contributed by atoms with van der Waals surface area (Å²) in [6, 6.07) is 11.6. The van der Waals surface area contributed by atoms with Gasteiger partial charge in [0.15, 0.2) is 0 Å². The van der Waals surface area contributed by atoms with Gasteiger partial charge in [-0.05, 0) is 18.6 Å². The number of benzene rings is 1. The first kappa shape index (κ1) is 17.1. The predicted octanol–water partition coefficient (Wildman–Crippen LogP) is 2.63. The van der Waals surface area contributed by atoms with Crippen LogP contribution in [-0.2, 0) is 18.3 Å². The van der Waals surface area contributed by atoms with Gasteiger partial charge >= 0.3 is 5.97 Å². The monoisotopic (exact) mass is 364 g/mol. The topological polar surface area (TPSA) is 91.2 Å². The van der Waals surface area contributed by atoms with Gasteiger partial charge in [-0.15, -0.1) is 0 Å². The summed E-state index contributed by atoms with van der Waals surface area (Å²) >= 11 is 0. The fraction of sp³-hybridized carbons (Fsp3) is 0.250. The third-order valence-electron chi connectivity index (χ3n) is 5.10. The molecular formula is C20H20N4O3. The van der Waals surface area contributed by atoms with Gasteiger partial charge in [0.2, 0.25) is 0 Å². The van der Waals surface area contributed by atoms with E-state index in [1.54, 1.807) is 17.9 Å². The molecule has 3 heterocycles. The number of nitrogens with zero attached hydrogens (tertiary/aromatic N) is 3. The summed E-state index contributed by atoms with van der Waals surface area (Å²) < 4.78 is 1.64. The molecule has 3 aromatic rings. The SMILES string of the molecule is Cc1[nH]c(-c2ccccc2)cc1C(=O)N1CC(C(=O)O)Cc2c1cnn2C. The van der Waals surface area contributed by atoms with E-state index < -0.39 is 11.9 Å². The molecule has 1 atom stereocenters. The van der Waals surface area contributed by atoms with Crippen molar-refractivity contribution in [3.05, 3.63) is 59.5 Å². The molecule has 138 valence electrons. The smallest absolute Gasteiger partial charge is 0.308 e. The lowest BCUT2D eigenvalue weighted by atomic mass is 9.96. The number of anilines is 1. The molecule has 0 bridgehead atoms. The lowest BCUT2D eigenvalue weighted by molar-refractivity contribution is -0.141. The maximum Gasteiger partial charge on any atom is 0.308 e. The molecule has 0 saturated heterocycles. The van der Waals surface area contributed by atoms with Crippen molar-refractivity contribution in [1.82, 2.24) is 14.8 Å². The Bertz CT molecular complexity index is 1020. The summed E-state index contributed by atoms with van der Waals surface area (Å²) in [5.41, 5.74) is 4.58. The van der Waals surface area contributed by atoms with Crippen molar-refractivity contribution in [2.75, 3.05) is 11.4 Å². The van der Waals surface area contributed by atoms with Crippen LogP contribution in [0.4, 0.5) is 5.69 Å². The van der Waals surface area contributed by atoms with E-state index in [9.17, 15) is 14.7 Å². The first-order chi connectivity index (χ1) is 13.0. The molecule has 0 aliphatic carbocycles. The van der Waals surface area contributed by atoms with Crippen molar-refractivity contribution in [1.29, 1.82) is 0 Å². The van der Waals surface area contributed by atoms with E-state index in [1.807, 2.05) is 43.3 Å². The maximum absolute atomic E-state index is 13.3. The van der Waals surface area contributed by atoms with Gasteiger partial charge in [-0.2, -0.15) is 5.10 Å². The summed E-state index contributed by atoms with van der Waals surface area (Å²) in [6.07, 6.45) is 2.00. The second-order valence-corrected chi connectivity index (χ2v) is 6.84. The molecule has 7 heteroatoms. The Labute approximate surface area is 156 Å². The van der Waals surface area contributed by atoms with Gasteiger partial charge in [0, 0.05) is 31.4 Å². The zero-order valence-electron chi connectivity index (χ0n) is 15.1. The molecular weight excluding hydrogens is 344 g/mol. The number of aliphatic carboxylic acids is 1. The molecule has 0 radical (unpaired) electrons. The summed E-state index contributed by atoms with van der Waals surface area (Å²) in [7, 11) is 1.76. The van der Waals surface area contributed by atoms with Gasteiger partial charge in [-0.3, -0.25) is 14.3 Å². The Kier molecular flexibility index (Phi) is 4.07. The van der Waals surface area contributed by atoms with E-state index in [1.165, 1.54) is 4.90 Å². The fourth-order valence-corrected chi connectivity index (χ4v) is 3.59. The summed E-state index contributed by atoms with van der Waals surface area (Å²) in [5.74, 6) is -1.77. The molecule has 1 aliphatic heterocycles. The molecule has 1 unspecified atom stereocenters. The van der Waals surface area contributed by atoms with E-state index in [-0.39, 0.29) is 12.5 Å². The van der Waals surface area contributed by atoms with E-state index >= 15 is 0 Å². The minimum absolute atomic E-state index is 0.137. The van der Waals surface area contributed by atoms with Gasteiger partial charge in [-0.1, -0.05) is 30.3 Å². The highest BCUT2D eigenvalue weighted by molar-refractivity contribution is 6.08. The van der Waals surface area contributed by atoms with Gasteiger partial charge in [-0.25, -0.2) is 0 Å². The Morgan fingerprint density at radius 2 is 2.00 bits per heavy atom. The number of hydrogen-bond donors (Lipinski definition) is 2. The molecule has 27 heavy (non-hydrogen) atoms. The van der Waals surface area contributed by atoms with Gasteiger partial charge < -0.3 is 15.0 Å². The van der Waals surface area contributed by atoms with Crippen molar-refractivity contribution < 1.29 is 14.7 Å². The van der Waals surface area contributed by atoms with Crippen LogP contribution in [0.15, 0.2) is 42.6 Å². The normalized spacial score (nSPS) is 16.2. The Hall–Kier alpha value is -3.35. The first-order valence-electron chi connectivity index (χ1n) is 8.76. The van der Waals surface area contributed by atoms with E-state index in [4.69, 9.17) is 0 Å². The summed E-state index contributed by atoms with van der Waals surface area (Å²) in [6.45, 7) is 1.99. The van der Waals surface area contributed by atoms with Gasteiger partial charge in [0.05, 0.1) is 29.1 Å². The fourth-order valence-electron chi connectivity index (χ4n) is 3.59. The Balaban J connectivity index is 1.72. The minimum Gasteiger partial charge on any atom is -0.481 e. The molecule has 0 saturated carbocycles. The van der Waals surface area contributed by atoms with Crippen molar-refractivity contribution in [2.24, 2.45) is 13.0 Å². The highest BCUT2D eigenvalue weighted by Crippen LogP contribution is 2.32. The number of nitrogens with one attached hydrogen (secondary N) is 1. The number of aryl methyl sites for hydroxylation is 2. The van der Waals surface area contributed by atoms with Crippen LogP contribution in [0.1, 0.15) is 21.7 Å². The van der Waals surface area contributed by atoms with Crippen LogP contribution in [0.2, 0.25) is 0 Å². The zero-order chi connectivity index (χ0) is 19.1. The largest absolute Gasteiger partial charge is 0.481 e. The number of carbonyl (C=O) groups is 2. The first-order valence-corrected chi connectivity index (χ1v) is 8.76. The number of carboxylic acid groups (broad SMARTS) is 1. The number of carbonyl (C=O) groups excluding carboxylic acids is 1. The lowest BCUT2D eigenvalue weighted by Gasteiger charge is -2.30. The van der Waals surface area contributed by atoms with Gasteiger partial charge in [0.25, 0.3) is 5.91 Å². The Morgan fingerprint density at radius 3 is 2.70 bits per heavy atom. The standard InChI is InChI=1S/C20H20N4O3/c1-12-15(9-16(22-12)13-6-4-3-5-7-13)19(25)24-11-14(20(26)27)8-17-18(24)10-21-23(17)2/h3-7,9-10,14,22H,8,11H2,1-2H3,(H,26,27). The van der Waals surface area contributed by atoms with Crippen molar-refractivity contribution in [3.63, 3.8) is 0 Å². The van der Waals surface area contributed by atoms with Crippen LogP contribution in [0.25, 0.3) is 11.3 Å². The predicted molar refractivity (Wildman–Crippen MR) is 101 cm³/mol. The number of carboxylic acids is 1. The second kappa shape index (κ2) is 6.42. The molecule has 0 fully saturated rings. The number of aromatic nitrogens is 3. The van der Waals surface area contributed by atoms with Crippen LogP contribution in [0, 0.1) is 12.8 Å². The number of hydrogen-bond acceptors (Lipinski definition) is 3. The van der Waals surface area contributed by atoms with Crippen LogP contribution < -0.4 is 4.90 Å². The summed E-state index contributed by atoms with van der Waals surface area (Å²) in [4.78, 5) is 29.7. The molecule has 1 amide bonds. The molecule has 2 aromatic heterocycles. The highest BCUT2D eigenvalue weighted by Gasteiger charge is 2.35. The van der Waals surface area contributed by atoms with E-state index in [0.29, 0.717) is 17.7 Å². The maximum atomic E-state index is 13.3. The quantitative estimate of drug-likeness (QED) is 0.747. The third kappa shape index (κ3) is 2.91. The van der Waals surface area contributed by atoms with Crippen molar-refractivity contribution in [2.45, 2.75) is 13.3 Å². The molecule has 7 nitrogen and oxygen atoms in total. The average Bonchev–Trinajstić information content (AvgIpc) is 3.24. The van der Waals surface area contributed by atoms with Crippen LogP contribution in [-0.4, -0.2) is 38.3 Å². The molecule has 1 aliphatic rings. The molecule has 2 N–H and O–H groups in total. The average molecular weight is 364 g/mol. The number of amides is 1. The second-order valence-electron chi connectivity index (χ2n) is 6.84. The number of fused-ring (bicyclic) bond motifs is 1. The van der Waals surface area contributed by atoms with Crippen LogP contribution in [0.3, 0.4) is 0 Å². The van der Waals surface area contributed by atoms with Crippen LogP contribution in [0.5, 0.6) is 0 Å². The van der Waals surface area contributed by atoms with Crippen molar-refractivity contribution in [3.8, 4) is 11.3 Å². The van der Waals surface area contributed by atoms with Crippen LogP contribution >= 0.6 is 0 Å². The minimum atomic E-state index is -0.907. The number of H-pyrrole nitrogens is 1. The number of rotatable bonds is 3. The van der Waals surface area contributed by atoms with E-state index in [2.05, 4.69) is 10.1 Å².